The van der Waals surface area contributed by atoms with Gasteiger partial charge in [0.05, 0.1) is 13.7 Å². The fraction of sp³-hybridized carbons (Fsp3) is 0.562. The van der Waals surface area contributed by atoms with E-state index in [1.807, 2.05) is 0 Å². The molecule has 0 bridgehead atoms. The van der Waals surface area contributed by atoms with E-state index in [2.05, 4.69) is 36.1 Å². The first-order valence-electron chi connectivity index (χ1n) is 7.17. The second kappa shape index (κ2) is 7.41. The van der Waals surface area contributed by atoms with Crippen LogP contribution in [0.2, 0.25) is 0 Å². The smallest absolute Gasteiger partial charge is 0.336 e. The highest BCUT2D eigenvalue weighted by atomic mass is 16.6. The van der Waals surface area contributed by atoms with Gasteiger partial charge in [-0.2, -0.15) is 0 Å². The molecule has 20 heavy (non-hydrogen) atoms. The van der Waals surface area contributed by atoms with Crippen LogP contribution in [0, 0.1) is 6.92 Å². The van der Waals surface area contributed by atoms with Crippen molar-refractivity contribution in [1.29, 1.82) is 0 Å². The lowest BCUT2D eigenvalue weighted by Crippen LogP contribution is -2.46. The van der Waals surface area contributed by atoms with Crippen LogP contribution in [0.15, 0.2) is 24.3 Å². The summed E-state index contributed by atoms with van der Waals surface area (Å²) in [6.07, 6.45) is 1.75. The quantitative estimate of drug-likeness (QED) is 0.769. The van der Waals surface area contributed by atoms with E-state index in [1.165, 1.54) is 18.2 Å². The van der Waals surface area contributed by atoms with Crippen LogP contribution in [-0.2, 0) is 20.7 Å². The van der Waals surface area contributed by atoms with E-state index < -0.39 is 6.10 Å². The lowest BCUT2D eigenvalue weighted by Gasteiger charge is -2.31. The van der Waals surface area contributed by atoms with E-state index in [9.17, 15) is 4.79 Å². The summed E-state index contributed by atoms with van der Waals surface area (Å²) >= 11 is 0. The Bertz CT molecular complexity index is 447. The van der Waals surface area contributed by atoms with Gasteiger partial charge in [0.15, 0.2) is 6.10 Å². The zero-order chi connectivity index (χ0) is 14.4. The topological polar surface area (TPSA) is 38.8 Å². The van der Waals surface area contributed by atoms with Crippen molar-refractivity contribution >= 4 is 5.97 Å². The van der Waals surface area contributed by atoms with Crippen LogP contribution >= 0.6 is 0 Å². The van der Waals surface area contributed by atoms with E-state index in [4.69, 9.17) is 9.47 Å². The number of carbonyl (C=O) groups excluding carboxylic acids is 1. The normalized spacial score (nSPS) is 19.8. The van der Waals surface area contributed by atoms with Crippen molar-refractivity contribution in [2.45, 2.75) is 25.9 Å². The second-order valence-corrected chi connectivity index (χ2v) is 5.21. The first kappa shape index (κ1) is 15.0. The Balaban J connectivity index is 1.77. The van der Waals surface area contributed by atoms with Crippen molar-refractivity contribution in [1.82, 2.24) is 4.90 Å². The van der Waals surface area contributed by atoms with Gasteiger partial charge in [-0.25, -0.2) is 4.79 Å². The number of ether oxygens (including phenoxy) is 2. The van der Waals surface area contributed by atoms with Crippen LogP contribution < -0.4 is 0 Å². The van der Waals surface area contributed by atoms with Gasteiger partial charge in [0, 0.05) is 13.1 Å². The number of morpholine rings is 1. The van der Waals surface area contributed by atoms with Gasteiger partial charge in [-0.1, -0.05) is 24.3 Å². The maximum atomic E-state index is 11.5. The molecule has 1 saturated heterocycles. The Morgan fingerprint density at radius 1 is 1.45 bits per heavy atom. The summed E-state index contributed by atoms with van der Waals surface area (Å²) in [7, 11) is 1.41. The van der Waals surface area contributed by atoms with Gasteiger partial charge < -0.3 is 9.47 Å². The van der Waals surface area contributed by atoms with Gasteiger partial charge in [-0.05, 0) is 37.4 Å². The molecule has 0 radical (unpaired) electrons. The first-order chi connectivity index (χ1) is 9.70. The molecule has 110 valence electrons. The Hall–Kier alpha value is -1.39. The third kappa shape index (κ3) is 4.05. The molecule has 0 saturated carbocycles. The maximum Gasteiger partial charge on any atom is 0.336 e. The Morgan fingerprint density at radius 3 is 3.00 bits per heavy atom. The largest absolute Gasteiger partial charge is 0.467 e. The first-order valence-corrected chi connectivity index (χ1v) is 7.17. The predicted octanol–water partition coefficient (Wildman–Crippen LogP) is 1.80. The Kier molecular flexibility index (Phi) is 5.56. The summed E-state index contributed by atoms with van der Waals surface area (Å²) in [6.45, 7) is 5.27. The molecule has 4 heteroatoms. The molecule has 0 unspecified atom stereocenters. The molecule has 4 nitrogen and oxygen atoms in total. The minimum absolute atomic E-state index is 0.270. The lowest BCUT2D eigenvalue weighted by atomic mass is 10.0. The minimum Gasteiger partial charge on any atom is -0.467 e. The third-order valence-corrected chi connectivity index (χ3v) is 3.80. The zero-order valence-electron chi connectivity index (χ0n) is 12.3. The van der Waals surface area contributed by atoms with E-state index in [0.717, 1.165) is 25.9 Å². The van der Waals surface area contributed by atoms with Crippen LogP contribution in [-0.4, -0.2) is 50.3 Å². The number of rotatable bonds is 5. The van der Waals surface area contributed by atoms with E-state index in [0.29, 0.717) is 13.2 Å². The maximum absolute atomic E-state index is 11.5. The zero-order valence-corrected chi connectivity index (χ0v) is 12.3. The number of esters is 1. The average molecular weight is 277 g/mol. The molecule has 1 aromatic rings. The summed E-state index contributed by atoms with van der Waals surface area (Å²) < 4.78 is 10.2. The summed E-state index contributed by atoms with van der Waals surface area (Å²) in [5, 5.41) is 0. The van der Waals surface area contributed by atoms with Gasteiger partial charge >= 0.3 is 5.97 Å². The summed E-state index contributed by atoms with van der Waals surface area (Å²) in [6, 6.07) is 8.50. The number of aryl methyl sites for hydroxylation is 2. The number of nitrogens with zero attached hydrogens (tertiary/aromatic N) is 1. The van der Waals surface area contributed by atoms with Gasteiger partial charge in [-0.15, -0.1) is 0 Å². The molecule has 1 aliphatic rings. The van der Waals surface area contributed by atoms with Crippen molar-refractivity contribution < 1.29 is 14.3 Å². The Morgan fingerprint density at radius 2 is 2.25 bits per heavy atom. The van der Waals surface area contributed by atoms with Crippen molar-refractivity contribution in [3.8, 4) is 0 Å². The highest BCUT2D eigenvalue weighted by Gasteiger charge is 2.26. The molecule has 1 heterocycles. The van der Waals surface area contributed by atoms with Crippen molar-refractivity contribution in [3.63, 3.8) is 0 Å². The van der Waals surface area contributed by atoms with Gasteiger partial charge in [0.25, 0.3) is 0 Å². The molecule has 0 spiro atoms. The van der Waals surface area contributed by atoms with Gasteiger partial charge in [-0.3, -0.25) is 4.90 Å². The van der Waals surface area contributed by atoms with Crippen LogP contribution in [0.5, 0.6) is 0 Å². The minimum atomic E-state index is -0.424. The molecular formula is C16H23NO3. The van der Waals surface area contributed by atoms with Gasteiger partial charge in [0.1, 0.15) is 0 Å². The van der Waals surface area contributed by atoms with Crippen molar-refractivity contribution in [3.05, 3.63) is 35.4 Å². The van der Waals surface area contributed by atoms with Crippen LogP contribution in [0.1, 0.15) is 17.5 Å². The number of hydrogen-bond acceptors (Lipinski definition) is 4. The van der Waals surface area contributed by atoms with E-state index >= 15 is 0 Å². The predicted molar refractivity (Wildman–Crippen MR) is 77.7 cm³/mol. The molecule has 1 fully saturated rings. The lowest BCUT2D eigenvalue weighted by molar-refractivity contribution is -0.159. The van der Waals surface area contributed by atoms with E-state index in [1.54, 1.807) is 0 Å². The fourth-order valence-corrected chi connectivity index (χ4v) is 2.56. The van der Waals surface area contributed by atoms with Crippen molar-refractivity contribution in [2.24, 2.45) is 0 Å². The molecule has 0 aromatic heterocycles. The molecule has 0 N–H and O–H groups in total. The number of methoxy groups -OCH3 is 1. The molecule has 1 atom stereocenters. The molecule has 1 aliphatic heterocycles. The molecule has 1 aromatic carbocycles. The highest BCUT2D eigenvalue weighted by molar-refractivity contribution is 5.74. The monoisotopic (exact) mass is 277 g/mol. The van der Waals surface area contributed by atoms with Gasteiger partial charge in [0.2, 0.25) is 0 Å². The molecule has 0 aliphatic carbocycles. The fourth-order valence-electron chi connectivity index (χ4n) is 2.56. The summed E-state index contributed by atoms with van der Waals surface area (Å²) in [5.74, 6) is -0.270. The summed E-state index contributed by atoms with van der Waals surface area (Å²) in [5.41, 5.74) is 2.76. The summed E-state index contributed by atoms with van der Waals surface area (Å²) in [4.78, 5) is 13.8. The number of benzene rings is 1. The van der Waals surface area contributed by atoms with Crippen LogP contribution in [0.4, 0.5) is 0 Å². The Labute approximate surface area is 120 Å². The standard InChI is InChI=1S/C16H23NO3/c1-13-6-3-4-7-14(13)8-5-9-17-10-11-20-15(12-17)16(18)19-2/h3-4,6-7,15H,5,8-12H2,1-2H3/t15-/m0/s1. The molecule has 2 rings (SSSR count). The third-order valence-electron chi connectivity index (χ3n) is 3.80. The molecular weight excluding hydrogens is 254 g/mol. The number of carbonyl (C=O) groups is 1. The average Bonchev–Trinajstić information content (AvgIpc) is 2.49. The molecule has 0 amide bonds. The number of hydrogen-bond donors (Lipinski definition) is 0. The van der Waals surface area contributed by atoms with Crippen molar-refractivity contribution in [2.75, 3.05) is 33.4 Å². The van der Waals surface area contributed by atoms with Crippen LogP contribution in [0.3, 0.4) is 0 Å². The second-order valence-electron chi connectivity index (χ2n) is 5.21. The SMILES string of the molecule is COC(=O)[C@@H]1CN(CCCc2ccccc2C)CCO1. The highest BCUT2D eigenvalue weighted by Crippen LogP contribution is 2.12. The van der Waals surface area contributed by atoms with E-state index in [-0.39, 0.29) is 5.97 Å². The van der Waals surface area contributed by atoms with Crippen LogP contribution in [0.25, 0.3) is 0 Å².